The minimum absolute atomic E-state index is 0.0386. The average molecular weight is 391 g/mol. The summed E-state index contributed by atoms with van der Waals surface area (Å²) in [5.41, 5.74) is 3.67. The van der Waals surface area contributed by atoms with Crippen molar-refractivity contribution in [2.24, 2.45) is 0 Å². The molecule has 0 unspecified atom stereocenters. The predicted octanol–water partition coefficient (Wildman–Crippen LogP) is 3.66. The van der Waals surface area contributed by atoms with Crippen LogP contribution in [-0.2, 0) is 0 Å². The van der Waals surface area contributed by atoms with E-state index in [2.05, 4.69) is 9.88 Å². The van der Waals surface area contributed by atoms with E-state index >= 15 is 0 Å². The molecule has 3 aromatic rings. The molecule has 0 radical (unpaired) electrons. The molecule has 1 N–H and O–H groups in total. The Morgan fingerprint density at radius 1 is 0.897 bits per heavy atom. The van der Waals surface area contributed by atoms with Crippen LogP contribution in [0, 0.1) is 0 Å². The van der Waals surface area contributed by atoms with E-state index in [0.717, 1.165) is 41.4 Å². The number of ether oxygens (including phenoxy) is 2. The fourth-order valence-corrected chi connectivity index (χ4v) is 3.71. The van der Waals surface area contributed by atoms with E-state index in [0.29, 0.717) is 18.8 Å². The van der Waals surface area contributed by atoms with Gasteiger partial charge in [0.2, 0.25) is 0 Å². The summed E-state index contributed by atoms with van der Waals surface area (Å²) >= 11 is 0. The number of anilines is 1. The summed E-state index contributed by atoms with van der Waals surface area (Å²) in [6.45, 7) is 2.82. The number of H-pyrrole nitrogens is 1. The highest BCUT2D eigenvalue weighted by Crippen LogP contribution is 2.29. The molecular formula is C23H25N3O3. The van der Waals surface area contributed by atoms with Gasteiger partial charge in [-0.2, -0.15) is 0 Å². The van der Waals surface area contributed by atoms with Gasteiger partial charge in [0.1, 0.15) is 17.2 Å². The summed E-state index contributed by atoms with van der Waals surface area (Å²) in [6.07, 6.45) is 1.83. The molecule has 0 atom stereocenters. The topological polar surface area (TPSA) is 57.8 Å². The first-order chi connectivity index (χ1) is 14.2. The monoisotopic (exact) mass is 391 g/mol. The van der Waals surface area contributed by atoms with Gasteiger partial charge in [0.05, 0.1) is 14.2 Å². The first-order valence-electron chi connectivity index (χ1n) is 9.69. The van der Waals surface area contributed by atoms with Gasteiger partial charge in [0, 0.05) is 61.8 Å². The lowest BCUT2D eigenvalue weighted by Gasteiger charge is -2.36. The second-order valence-corrected chi connectivity index (χ2v) is 6.98. The van der Waals surface area contributed by atoms with Crippen LogP contribution in [0.3, 0.4) is 0 Å². The zero-order valence-electron chi connectivity index (χ0n) is 16.7. The molecule has 29 heavy (non-hydrogen) atoms. The second-order valence-electron chi connectivity index (χ2n) is 6.98. The molecular weight excluding hydrogens is 366 g/mol. The Morgan fingerprint density at radius 2 is 1.55 bits per heavy atom. The first kappa shape index (κ1) is 18.9. The van der Waals surface area contributed by atoms with E-state index in [9.17, 15) is 4.79 Å². The lowest BCUT2D eigenvalue weighted by molar-refractivity contribution is 0.0742. The van der Waals surface area contributed by atoms with Crippen LogP contribution in [0.2, 0.25) is 0 Å². The van der Waals surface area contributed by atoms with Gasteiger partial charge in [-0.05, 0) is 11.6 Å². The highest BCUT2D eigenvalue weighted by molar-refractivity contribution is 5.99. The van der Waals surface area contributed by atoms with Gasteiger partial charge >= 0.3 is 0 Å². The van der Waals surface area contributed by atoms with E-state index in [4.69, 9.17) is 9.47 Å². The van der Waals surface area contributed by atoms with Gasteiger partial charge < -0.3 is 24.3 Å². The van der Waals surface area contributed by atoms with Crippen LogP contribution in [0.15, 0.2) is 60.8 Å². The third-order valence-corrected chi connectivity index (χ3v) is 5.31. The van der Waals surface area contributed by atoms with Gasteiger partial charge in [0.25, 0.3) is 5.91 Å². The number of methoxy groups -OCH3 is 2. The van der Waals surface area contributed by atoms with Crippen molar-refractivity contribution in [2.75, 3.05) is 45.3 Å². The van der Waals surface area contributed by atoms with E-state index in [1.54, 1.807) is 14.2 Å². The molecule has 6 heteroatoms. The number of nitrogens with zero attached hydrogens (tertiary/aromatic N) is 2. The number of hydrogen-bond donors (Lipinski definition) is 1. The number of amides is 1. The molecule has 150 valence electrons. The van der Waals surface area contributed by atoms with Crippen LogP contribution in [0.5, 0.6) is 11.5 Å². The maximum Gasteiger partial charge on any atom is 0.271 e. The minimum Gasteiger partial charge on any atom is -0.497 e. The van der Waals surface area contributed by atoms with Crippen molar-refractivity contribution in [2.45, 2.75) is 0 Å². The third kappa shape index (κ3) is 3.92. The lowest BCUT2D eigenvalue weighted by Crippen LogP contribution is -2.49. The molecule has 1 saturated heterocycles. The van der Waals surface area contributed by atoms with Crippen molar-refractivity contribution in [3.63, 3.8) is 0 Å². The average Bonchev–Trinajstić information content (AvgIpc) is 3.29. The van der Waals surface area contributed by atoms with E-state index in [1.807, 2.05) is 65.7 Å². The summed E-state index contributed by atoms with van der Waals surface area (Å²) in [7, 11) is 3.30. The van der Waals surface area contributed by atoms with Crippen molar-refractivity contribution in [1.82, 2.24) is 9.88 Å². The first-order valence-corrected chi connectivity index (χ1v) is 9.69. The Balaban J connectivity index is 1.47. The van der Waals surface area contributed by atoms with E-state index in [1.165, 1.54) is 0 Å². The van der Waals surface area contributed by atoms with Crippen molar-refractivity contribution in [1.29, 1.82) is 0 Å². The summed E-state index contributed by atoms with van der Waals surface area (Å²) in [6, 6.07) is 17.8. The lowest BCUT2D eigenvalue weighted by atomic mass is 10.1. The Labute approximate surface area is 170 Å². The summed E-state index contributed by atoms with van der Waals surface area (Å²) in [5, 5.41) is 0. The van der Waals surface area contributed by atoms with Crippen LogP contribution in [0.1, 0.15) is 10.5 Å². The minimum atomic E-state index is 0.0386. The summed E-state index contributed by atoms with van der Waals surface area (Å²) in [5.74, 6) is 1.56. The highest BCUT2D eigenvalue weighted by atomic mass is 16.5. The van der Waals surface area contributed by atoms with Crippen molar-refractivity contribution in [3.05, 3.63) is 66.5 Å². The third-order valence-electron chi connectivity index (χ3n) is 5.31. The summed E-state index contributed by atoms with van der Waals surface area (Å²) < 4.78 is 10.8. The molecule has 1 amide bonds. The Hall–Kier alpha value is -3.41. The number of aromatic amines is 1. The fraction of sp³-hybridized carbons (Fsp3) is 0.261. The number of piperazine rings is 1. The van der Waals surface area contributed by atoms with Crippen molar-refractivity contribution < 1.29 is 14.3 Å². The van der Waals surface area contributed by atoms with Gasteiger partial charge in [-0.1, -0.05) is 30.3 Å². The molecule has 2 heterocycles. The van der Waals surface area contributed by atoms with Gasteiger partial charge in [-0.3, -0.25) is 4.79 Å². The Bertz CT molecular complexity index is 954. The normalized spacial score (nSPS) is 14.0. The maximum absolute atomic E-state index is 13.1. The van der Waals surface area contributed by atoms with E-state index in [-0.39, 0.29) is 5.91 Å². The molecule has 1 fully saturated rings. The highest BCUT2D eigenvalue weighted by Gasteiger charge is 2.25. The number of carbonyl (C=O) groups is 1. The van der Waals surface area contributed by atoms with Crippen molar-refractivity contribution in [3.8, 4) is 22.6 Å². The molecule has 1 aliphatic rings. The van der Waals surface area contributed by atoms with Crippen molar-refractivity contribution >= 4 is 11.6 Å². The standard InChI is InChI=1S/C23H25N3O3/c1-28-19-14-18(15-20(16-19)29-2)25-10-12-26(13-11-25)23(27)22-21(8-9-24-22)17-6-4-3-5-7-17/h3-9,14-16,24H,10-13H2,1-2H3. The molecule has 1 aromatic heterocycles. The smallest absolute Gasteiger partial charge is 0.271 e. The van der Waals surface area contributed by atoms with Gasteiger partial charge in [0.15, 0.2) is 0 Å². The molecule has 0 spiro atoms. The Kier molecular flexibility index (Phi) is 5.42. The molecule has 0 bridgehead atoms. The molecule has 0 aliphatic carbocycles. The molecule has 1 aliphatic heterocycles. The SMILES string of the molecule is COc1cc(OC)cc(N2CCN(C(=O)c3[nH]ccc3-c3ccccc3)CC2)c1. The summed E-state index contributed by atoms with van der Waals surface area (Å²) in [4.78, 5) is 20.4. The zero-order chi connectivity index (χ0) is 20.2. The quantitative estimate of drug-likeness (QED) is 0.721. The number of nitrogens with one attached hydrogen (secondary N) is 1. The van der Waals surface area contributed by atoms with Crippen LogP contribution in [0.25, 0.3) is 11.1 Å². The predicted molar refractivity (Wildman–Crippen MR) is 114 cm³/mol. The van der Waals surface area contributed by atoms with E-state index < -0.39 is 0 Å². The molecule has 0 saturated carbocycles. The number of aromatic nitrogens is 1. The van der Waals surface area contributed by atoms with Crippen LogP contribution >= 0.6 is 0 Å². The fourth-order valence-electron chi connectivity index (χ4n) is 3.71. The van der Waals surface area contributed by atoms with Gasteiger partial charge in [-0.25, -0.2) is 0 Å². The largest absolute Gasteiger partial charge is 0.497 e. The molecule has 2 aromatic carbocycles. The number of benzene rings is 2. The number of hydrogen-bond acceptors (Lipinski definition) is 4. The molecule has 4 rings (SSSR count). The van der Waals surface area contributed by atoms with Crippen LogP contribution < -0.4 is 14.4 Å². The maximum atomic E-state index is 13.1. The molecule has 6 nitrogen and oxygen atoms in total. The zero-order valence-corrected chi connectivity index (χ0v) is 16.7. The van der Waals surface area contributed by atoms with Crippen LogP contribution in [0.4, 0.5) is 5.69 Å². The van der Waals surface area contributed by atoms with Gasteiger partial charge in [-0.15, -0.1) is 0 Å². The number of carbonyl (C=O) groups excluding carboxylic acids is 1. The van der Waals surface area contributed by atoms with Crippen LogP contribution in [-0.4, -0.2) is 56.2 Å². The second kappa shape index (κ2) is 8.31. The Morgan fingerprint density at radius 3 is 2.17 bits per heavy atom. The number of rotatable bonds is 5.